The van der Waals surface area contributed by atoms with Gasteiger partial charge < -0.3 is 10.4 Å². The first-order chi connectivity index (χ1) is 8.49. The average Bonchev–Trinajstić information content (AvgIpc) is 3.04. The molecular weight excluding hydrogens is 234 g/mol. The van der Waals surface area contributed by atoms with Crippen molar-refractivity contribution in [3.63, 3.8) is 0 Å². The molecule has 1 heterocycles. The summed E-state index contributed by atoms with van der Waals surface area (Å²) in [4.78, 5) is 22.7. The number of aromatic carboxylic acids is 1. The maximum atomic E-state index is 11.7. The summed E-state index contributed by atoms with van der Waals surface area (Å²) in [6.07, 6.45) is 2.37. The van der Waals surface area contributed by atoms with Gasteiger partial charge in [-0.15, -0.1) is 0 Å². The van der Waals surface area contributed by atoms with Gasteiger partial charge in [0.05, 0.1) is 11.4 Å². The van der Waals surface area contributed by atoms with Gasteiger partial charge in [-0.2, -0.15) is 5.10 Å². The first kappa shape index (κ1) is 12.6. The highest BCUT2D eigenvalue weighted by Crippen LogP contribution is 2.27. The number of rotatable bonds is 5. The quantitative estimate of drug-likeness (QED) is 0.807. The first-order valence-corrected chi connectivity index (χ1v) is 6.03. The van der Waals surface area contributed by atoms with Gasteiger partial charge >= 0.3 is 5.97 Å². The Labute approximate surface area is 105 Å². The summed E-state index contributed by atoms with van der Waals surface area (Å²) in [6, 6.07) is 0. The van der Waals surface area contributed by atoms with Crippen molar-refractivity contribution in [3.05, 3.63) is 17.0 Å². The van der Waals surface area contributed by atoms with E-state index in [1.165, 1.54) is 17.5 Å². The van der Waals surface area contributed by atoms with Crippen molar-refractivity contribution in [2.45, 2.75) is 33.2 Å². The number of hydrogen-bond acceptors (Lipinski definition) is 3. The molecule has 6 heteroatoms. The molecule has 1 aliphatic rings. The van der Waals surface area contributed by atoms with Crippen LogP contribution < -0.4 is 5.32 Å². The Bertz CT molecular complexity index is 489. The van der Waals surface area contributed by atoms with E-state index >= 15 is 0 Å². The number of nitrogens with zero attached hydrogens (tertiary/aromatic N) is 2. The molecule has 1 aromatic rings. The minimum Gasteiger partial charge on any atom is -0.478 e. The zero-order valence-electron chi connectivity index (χ0n) is 10.6. The van der Waals surface area contributed by atoms with Gasteiger partial charge in [0.15, 0.2) is 0 Å². The third-order valence-corrected chi connectivity index (χ3v) is 3.17. The summed E-state index contributed by atoms with van der Waals surface area (Å²) in [6.45, 7) is 4.09. The summed E-state index contributed by atoms with van der Waals surface area (Å²) in [7, 11) is 0. The number of carboxylic acids is 1. The molecular formula is C12H17N3O3. The second kappa shape index (κ2) is 4.80. The van der Waals surface area contributed by atoms with E-state index < -0.39 is 5.97 Å². The molecule has 0 bridgehead atoms. The molecule has 1 fully saturated rings. The van der Waals surface area contributed by atoms with Crippen LogP contribution in [0.1, 0.15) is 34.6 Å². The van der Waals surface area contributed by atoms with Crippen LogP contribution in [0.5, 0.6) is 0 Å². The Kier molecular flexibility index (Phi) is 3.36. The molecule has 0 saturated heterocycles. The summed E-state index contributed by atoms with van der Waals surface area (Å²) in [5.74, 6) is -0.497. The van der Waals surface area contributed by atoms with Crippen LogP contribution in [0.4, 0.5) is 0 Å². The van der Waals surface area contributed by atoms with Crippen molar-refractivity contribution in [1.29, 1.82) is 0 Å². The smallest absolute Gasteiger partial charge is 0.339 e. The Balaban J connectivity index is 2.01. The Hall–Kier alpha value is -1.85. The number of carboxylic acid groups (broad SMARTS) is 1. The van der Waals surface area contributed by atoms with Crippen molar-refractivity contribution < 1.29 is 14.7 Å². The van der Waals surface area contributed by atoms with E-state index in [1.807, 2.05) is 0 Å². The van der Waals surface area contributed by atoms with Crippen molar-refractivity contribution >= 4 is 11.9 Å². The lowest BCUT2D eigenvalue weighted by molar-refractivity contribution is -0.121. The van der Waals surface area contributed by atoms with E-state index in [0.29, 0.717) is 23.9 Å². The third-order valence-electron chi connectivity index (χ3n) is 3.17. The molecule has 1 amide bonds. The fourth-order valence-electron chi connectivity index (χ4n) is 1.93. The molecule has 2 rings (SSSR count). The molecule has 0 unspecified atom stereocenters. The summed E-state index contributed by atoms with van der Waals surface area (Å²) >= 11 is 0. The molecule has 1 aliphatic carbocycles. The molecule has 98 valence electrons. The minimum atomic E-state index is -1.00. The molecule has 0 radical (unpaired) electrons. The summed E-state index contributed by atoms with van der Waals surface area (Å²) in [5, 5.41) is 15.9. The van der Waals surface area contributed by atoms with Gasteiger partial charge in [0, 0.05) is 6.54 Å². The van der Waals surface area contributed by atoms with Crippen LogP contribution in [-0.2, 0) is 11.3 Å². The fraction of sp³-hybridized carbons (Fsp3) is 0.583. The maximum absolute atomic E-state index is 11.7. The minimum absolute atomic E-state index is 0.0761. The second-order valence-electron chi connectivity index (χ2n) is 4.76. The zero-order valence-corrected chi connectivity index (χ0v) is 10.6. The van der Waals surface area contributed by atoms with E-state index in [4.69, 9.17) is 5.11 Å². The van der Waals surface area contributed by atoms with Gasteiger partial charge in [-0.1, -0.05) is 0 Å². The number of carbonyl (C=O) groups is 2. The van der Waals surface area contributed by atoms with Crippen LogP contribution in [0.3, 0.4) is 0 Å². The number of aryl methyl sites for hydroxylation is 1. The lowest BCUT2D eigenvalue weighted by Crippen LogP contribution is -2.30. The van der Waals surface area contributed by atoms with Crippen LogP contribution in [0.25, 0.3) is 0 Å². The van der Waals surface area contributed by atoms with Crippen LogP contribution in [0, 0.1) is 19.8 Å². The van der Waals surface area contributed by atoms with Gasteiger partial charge in [-0.3, -0.25) is 9.48 Å². The molecule has 1 saturated carbocycles. The van der Waals surface area contributed by atoms with Gasteiger partial charge in [0.2, 0.25) is 5.91 Å². The monoisotopic (exact) mass is 251 g/mol. The van der Waals surface area contributed by atoms with Crippen LogP contribution in [-0.4, -0.2) is 33.3 Å². The highest BCUT2D eigenvalue weighted by molar-refractivity contribution is 5.90. The SMILES string of the molecule is Cc1nn(CC(=O)NCC2CC2)c(C)c1C(=O)O. The summed E-state index contributed by atoms with van der Waals surface area (Å²) < 4.78 is 1.45. The highest BCUT2D eigenvalue weighted by atomic mass is 16.4. The Morgan fingerprint density at radius 3 is 2.61 bits per heavy atom. The zero-order chi connectivity index (χ0) is 13.3. The van der Waals surface area contributed by atoms with E-state index in [-0.39, 0.29) is 18.0 Å². The number of hydrogen-bond donors (Lipinski definition) is 2. The second-order valence-corrected chi connectivity index (χ2v) is 4.76. The van der Waals surface area contributed by atoms with Crippen molar-refractivity contribution in [3.8, 4) is 0 Å². The maximum Gasteiger partial charge on any atom is 0.339 e. The molecule has 0 aliphatic heterocycles. The number of amides is 1. The Morgan fingerprint density at radius 2 is 2.11 bits per heavy atom. The van der Waals surface area contributed by atoms with Crippen LogP contribution >= 0.6 is 0 Å². The normalized spacial score (nSPS) is 14.6. The van der Waals surface area contributed by atoms with Crippen molar-refractivity contribution in [1.82, 2.24) is 15.1 Å². The number of carbonyl (C=O) groups excluding carboxylic acids is 1. The molecule has 1 aromatic heterocycles. The molecule has 0 aromatic carbocycles. The van der Waals surface area contributed by atoms with Gasteiger partial charge in [-0.25, -0.2) is 4.79 Å². The first-order valence-electron chi connectivity index (χ1n) is 6.03. The third kappa shape index (κ3) is 2.69. The molecule has 0 atom stereocenters. The standard InChI is InChI=1S/C12H17N3O3/c1-7-11(12(17)18)8(2)15(14-7)6-10(16)13-5-9-3-4-9/h9H,3-6H2,1-2H3,(H,13,16)(H,17,18). The van der Waals surface area contributed by atoms with E-state index in [9.17, 15) is 9.59 Å². The van der Waals surface area contributed by atoms with Crippen molar-refractivity contribution in [2.24, 2.45) is 5.92 Å². The summed E-state index contributed by atoms with van der Waals surface area (Å²) in [5.41, 5.74) is 1.14. The van der Waals surface area contributed by atoms with Crippen molar-refractivity contribution in [2.75, 3.05) is 6.54 Å². The van der Waals surface area contributed by atoms with E-state index in [0.717, 1.165) is 0 Å². The predicted octanol–water partition coefficient (Wildman–Crippen LogP) is 0.724. The Morgan fingerprint density at radius 1 is 1.44 bits per heavy atom. The number of aromatic nitrogens is 2. The largest absolute Gasteiger partial charge is 0.478 e. The van der Waals surface area contributed by atoms with Gasteiger partial charge in [-0.05, 0) is 32.6 Å². The molecule has 6 nitrogen and oxygen atoms in total. The lowest BCUT2D eigenvalue weighted by Gasteiger charge is -2.06. The fourth-order valence-corrected chi connectivity index (χ4v) is 1.93. The van der Waals surface area contributed by atoms with Crippen LogP contribution in [0.2, 0.25) is 0 Å². The van der Waals surface area contributed by atoms with Gasteiger partial charge in [0.1, 0.15) is 12.1 Å². The topological polar surface area (TPSA) is 84.2 Å². The molecule has 2 N–H and O–H groups in total. The molecule has 0 spiro atoms. The van der Waals surface area contributed by atoms with E-state index in [2.05, 4.69) is 10.4 Å². The van der Waals surface area contributed by atoms with E-state index in [1.54, 1.807) is 13.8 Å². The van der Waals surface area contributed by atoms with Crippen LogP contribution in [0.15, 0.2) is 0 Å². The lowest BCUT2D eigenvalue weighted by atomic mass is 10.2. The predicted molar refractivity (Wildman–Crippen MR) is 64.4 cm³/mol. The van der Waals surface area contributed by atoms with Gasteiger partial charge in [0.25, 0.3) is 0 Å². The number of nitrogens with one attached hydrogen (secondary N) is 1. The highest BCUT2D eigenvalue weighted by Gasteiger charge is 2.22. The molecule has 18 heavy (non-hydrogen) atoms. The average molecular weight is 251 g/mol.